The van der Waals surface area contributed by atoms with Crippen LogP contribution in [0.4, 0.5) is 0 Å². The van der Waals surface area contributed by atoms with E-state index in [0.29, 0.717) is 11.1 Å². The zero-order valence-corrected chi connectivity index (χ0v) is 22.8. The molecule has 0 aromatic heterocycles. The summed E-state index contributed by atoms with van der Waals surface area (Å²) in [4.78, 5) is -0.340. The zero-order chi connectivity index (χ0) is 26.9. The molecule has 3 rings (SSSR count). The number of methoxy groups -OCH3 is 2. The molecular formula is C22H30N2O9S3. The van der Waals surface area contributed by atoms with Crippen LogP contribution in [-0.2, 0) is 29.9 Å². The second kappa shape index (κ2) is 10.6. The van der Waals surface area contributed by atoms with Crippen LogP contribution in [0.25, 0.3) is 0 Å². The molecule has 2 atom stereocenters. The van der Waals surface area contributed by atoms with Gasteiger partial charge in [0.05, 0.1) is 37.9 Å². The number of aliphatic hydroxyl groups is 1. The van der Waals surface area contributed by atoms with Gasteiger partial charge in [0.15, 0.2) is 9.84 Å². The minimum atomic E-state index is -4.41. The van der Waals surface area contributed by atoms with Gasteiger partial charge in [-0.25, -0.2) is 30.0 Å². The quantitative estimate of drug-likeness (QED) is 0.420. The highest BCUT2D eigenvalue weighted by molar-refractivity contribution is 7.92. The van der Waals surface area contributed by atoms with E-state index < -0.39 is 66.6 Å². The lowest BCUT2D eigenvalue weighted by Crippen LogP contribution is -2.49. The highest BCUT2D eigenvalue weighted by Gasteiger charge is 2.45. The number of sulfonamides is 2. The molecule has 2 aromatic carbocycles. The minimum absolute atomic E-state index is 0.0334. The molecule has 14 heteroatoms. The Morgan fingerprint density at radius 3 is 1.97 bits per heavy atom. The maximum absolute atomic E-state index is 13.7. The molecule has 1 aliphatic heterocycles. The van der Waals surface area contributed by atoms with E-state index in [2.05, 4.69) is 4.72 Å². The SMILES string of the molecule is COc1ccc(C)cc1S(=O)(=O)NCCN([C@H]1CS(=O)(=O)C[C@@H]1O)S(=O)(=O)c1cc(C)ccc1OC. The number of nitrogens with zero attached hydrogens (tertiary/aromatic N) is 1. The van der Waals surface area contributed by atoms with Crippen molar-refractivity contribution < 1.29 is 39.8 Å². The number of aryl methyl sites for hydroxylation is 2. The summed E-state index contributed by atoms with van der Waals surface area (Å²) in [5.74, 6) is -1.05. The number of rotatable bonds is 10. The lowest BCUT2D eigenvalue weighted by Gasteiger charge is -2.30. The van der Waals surface area contributed by atoms with Crippen LogP contribution in [-0.4, -0.2) is 85.6 Å². The van der Waals surface area contributed by atoms with Gasteiger partial charge in [-0.15, -0.1) is 0 Å². The Hall–Kier alpha value is -2.23. The standard InChI is InChI=1S/C22H30N2O9S3/c1-15-5-7-19(32-3)21(11-15)35(28,29)23-9-10-24(17-13-34(26,27)14-18(17)25)36(30,31)22-12-16(2)6-8-20(22)33-4/h5-8,11-12,17-18,23,25H,9-10,13-14H2,1-4H3/t17-,18-/m0/s1. The van der Waals surface area contributed by atoms with Gasteiger partial charge in [-0.2, -0.15) is 4.31 Å². The number of aliphatic hydroxyl groups excluding tert-OH is 1. The van der Waals surface area contributed by atoms with Crippen molar-refractivity contribution in [2.45, 2.75) is 35.8 Å². The summed E-state index contributed by atoms with van der Waals surface area (Å²) in [7, 11) is -9.61. The molecule has 0 radical (unpaired) electrons. The molecule has 36 heavy (non-hydrogen) atoms. The van der Waals surface area contributed by atoms with E-state index in [1.165, 1.54) is 38.5 Å². The predicted molar refractivity (Wildman–Crippen MR) is 133 cm³/mol. The fourth-order valence-electron chi connectivity index (χ4n) is 4.02. The zero-order valence-electron chi connectivity index (χ0n) is 20.3. The molecule has 2 N–H and O–H groups in total. The Kier molecular flexibility index (Phi) is 8.37. The van der Waals surface area contributed by atoms with Crippen molar-refractivity contribution in [3.8, 4) is 11.5 Å². The van der Waals surface area contributed by atoms with E-state index in [0.717, 1.165) is 4.31 Å². The average molecular weight is 563 g/mol. The van der Waals surface area contributed by atoms with Crippen LogP contribution < -0.4 is 14.2 Å². The van der Waals surface area contributed by atoms with Gasteiger partial charge in [0.1, 0.15) is 21.3 Å². The molecule has 2 aromatic rings. The average Bonchev–Trinajstić information content (AvgIpc) is 3.08. The molecule has 1 saturated heterocycles. The van der Waals surface area contributed by atoms with Crippen molar-refractivity contribution >= 4 is 29.9 Å². The van der Waals surface area contributed by atoms with Gasteiger partial charge in [0.2, 0.25) is 20.0 Å². The Bertz CT molecular complexity index is 1440. The van der Waals surface area contributed by atoms with Crippen LogP contribution in [0.5, 0.6) is 11.5 Å². The molecule has 1 aliphatic rings. The predicted octanol–water partition coefficient (Wildman–Crippen LogP) is 0.448. The molecule has 0 bridgehead atoms. The van der Waals surface area contributed by atoms with Gasteiger partial charge in [0, 0.05) is 13.1 Å². The topological polar surface area (TPSA) is 156 Å². The molecule has 0 unspecified atom stereocenters. The smallest absolute Gasteiger partial charge is 0.247 e. The first kappa shape index (κ1) is 28.3. The first-order chi connectivity index (χ1) is 16.7. The van der Waals surface area contributed by atoms with Crippen molar-refractivity contribution in [1.82, 2.24) is 9.03 Å². The second-order valence-corrected chi connectivity index (χ2v) is 14.3. The van der Waals surface area contributed by atoms with Crippen molar-refractivity contribution in [1.29, 1.82) is 0 Å². The number of ether oxygens (including phenoxy) is 2. The van der Waals surface area contributed by atoms with Crippen molar-refractivity contribution in [3.05, 3.63) is 47.5 Å². The summed E-state index contributed by atoms with van der Waals surface area (Å²) in [6.07, 6.45) is -1.48. The molecule has 1 heterocycles. The first-order valence-electron chi connectivity index (χ1n) is 10.9. The van der Waals surface area contributed by atoms with Crippen molar-refractivity contribution in [2.75, 3.05) is 38.8 Å². The molecule has 0 amide bonds. The van der Waals surface area contributed by atoms with Gasteiger partial charge >= 0.3 is 0 Å². The number of benzene rings is 2. The number of sulfone groups is 1. The molecule has 0 aliphatic carbocycles. The molecule has 1 fully saturated rings. The summed E-state index contributed by atoms with van der Waals surface area (Å²) >= 11 is 0. The maximum atomic E-state index is 13.7. The third-order valence-electron chi connectivity index (χ3n) is 5.80. The van der Waals surface area contributed by atoms with Gasteiger partial charge in [-0.05, 0) is 49.2 Å². The summed E-state index contributed by atoms with van der Waals surface area (Å²) in [5.41, 5.74) is 1.28. The van der Waals surface area contributed by atoms with E-state index in [4.69, 9.17) is 9.47 Å². The Morgan fingerprint density at radius 1 is 0.944 bits per heavy atom. The van der Waals surface area contributed by atoms with Gasteiger partial charge in [-0.3, -0.25) is 0 Å². The fraction of sp³-hybridized carbons (Fsp3) is 0.455. The Labute approximate surface area is 212 Å². The van der Waals surface area contributed by atoms with E-state index in [1.807, 2.05) is 0 Å². The van der Waals surface area contributed by atoms with Gasteiger partial charge in [0.25, 0.3) is 0 Å². The lowest BCUT2D eigenvalue weighted by atomic mass is 10.2. The first-order valence-corrected chi connectivity index (χ1v) is 15.7. The monoisotopic (exact) mass is 562 g/mol. The van der Waals surface area contributed by atoms with Crippen molar-refractivity contribution in [3.63, 3.8) is 0 Å². The highest BCUT2D eigenvalue weighted by Crippen LogP contribution is 2.31. The molecular weight excluding hydrogens is 532 g/mol. The van der Waals surface area contributed by atoms with E-state index in [9.17, 15) is 30.4 Å². The van der Waals surface area contributed by atoms with E-state index in [-0.39, 0.29) is 21.3 Å². The van der Waals surface area contributed by atoms with Crippen LogP contribution >= 0.6 is 0 Å². The number of nitrogens with one attached hydrogen (secondary N) is 1. The summed E-state index contributed by atoms with van der Waals surface area (Å²) < 4.78 is 91.3. The lowest BCUT2D eigenvalue weighted by molar-refractivity contribution is 0.128. The van der Waals surface area contributed by atoms with E-state index >= 15 is 0 Å². The van der Waals surface area contributed by atoms with Crippen LogP contribution in [0.2, 0.25) is 0 Å². The molecule has 0 spiro atoms. The molecule has 11 nitrogen and oxygen atoms in total. The number of hydrogen-bond acceptors (Lipinski definition) is 9. The van der Waals surface area contributed by atoms with Gasteiger partial charge in [-0.1, -0.05) is 12.1 Å². The number of hydrogen-bond donors (Lipinski definition) is 2. The van der Waals surface area contributed by atoms with Crippen LogP contribution in [0, 0.1) is 13.8 Å². The fourth-order valence-corrected chi connectivity index (χ4v) is 9.09. The Morgan fingerprint density at radius 2 is 1.47 bits per heavy atom. The van der Waals surface area contributed by atoms with Crippen LogP contribution in [0.15, 0.2) is 46.2 Å². The van der Waals surface area contributed by atoms with Crippen molar-refractivity contribution in [2.24, 2.45) is 0 Å². The highest BCUT2D eigenvalue weighted by atomic mass is 32.2. The summed E-state index contributed by atoms with van der Waals surface area (Å²) in [6, 6.07) is 7.80. The van der Waals surface area contributed by atoms with E-state index in [1.54, 1.807) is 26.0 Å². The normalized spacial score (nSPS) is 19.9. The largest absolute Gasteiger partial charge is 0.495 e. The molecule has 0 saturated carbocycles. The summed E-state index contributed by atoms with van der Waals surface area (Å²) in [6.45, 7) is 2.56. The van der Waals surface area contributed by atoms with Crippen LogP contribution in [0.1, 0.15) is 11.1 Å². The third kappa shape index (κ3) is 6.01. The second-order valence-electron chi connectivity index (χ2n) is 8.53. The Balaban J connectivity index is 1.97. The third-order valence-corrected chi connectivity index (χ3v) is 10.9. The molecule has 200 valence electrons. The summed E-state index contributed by atoms with van der Waals surface area (Å²) in [5, 5.41) is 10.5. The maximum Gasteiger partial charge on any atom is 0.247 e. The minimum Gasteiger partial charge on any atom is -0.495 e. The van der Waals surface area contributed by atoms with Gasteiger partial charge < -0.3 is 14.6 Å². The van der Waals surface area contributed by atoms with Crippen LogP contribution in [0.3, 0.4) is 0 Å².